The number of fused-ring (bicyclic) bond motifs is 1. The van der Waals surface area contributed by atoms with E-state index in [0.29, 0.717) is 30.3 Å². The Morgan fingerprint density at radius 1 is 1.19 bits per heavy atom. The fourth-order valence-corrected chi connectivity index (χ4v) is 2.86. The molecule has 8 heteroatoms. The van der Waals surface area contributed by atoms with Crippen LogP contribution < -0.4 is 20.1 Å². The lowest BCUT2D eigenvalue weighted by Gasteiger charge is -2.26. The number of nitrogens with one attached hydrogen (secondary N) is 2. The molecule has 140 valence electrons. The molecule has 1 atom stereocenters. The van der Waals surface area contributed by atoms with Crippen molar-refractivity contribution < 1.29 is 19.2 Å². The van der Waals surface area contributed by atoms with Crippen LogP contribution in [0.5, 0.6) is 11.5 Å². The highest BCUT2D eigenvalue weighted by Gasteiger charge is 2.26. The number of nitro groups is 1. The number of ether oxygens (including phenoxy) is 2. The lowest BCUT2D eigenvalue weighted by molar-refractivity contribution is -0.384. The van der Waals surface area contributed by atoms with Crippen molar-refractivity contribution in [3.8, 4) is 11.5 Å². The zero-order valence-corrected chi connectivity index (χ0v) is 14.5. The van der Waals surface area contributed by atoms with Crippen LogP contribution in [0.3, 0.4) is 0 Å². The number of benzene rings is 2. The Bertz CT molecular complexity index is 881. The summed E-state index contributed by atoms with van der Waals surface area (Å²) in [6.45, 7) is 0.683. The standard InChI is InChI=1S/C19H19N3O5/c23-19(21-13-6-7-13)12-5-8-15(16(9-12)22(24)25)20-10-14-11-26-17-3-1-2-4-18(17)27-14/h1-5,8-9,13-14,20H,6-7,10-11H2,(H,21,23). The SMILES string of the molecule is O=C(NC1CC1)c1ccc(NCC2COc3ccccc3O2)c([N+](=O)[O-])c1. The lowest BCUT2D eigenvalue weighted by atomic mass is 10.1. The number of nitro benzene ring substituents is 1. The highest BCUT2D eigenvalue weighted by Crippen LogP contribution is 2.31. The Kier molecular flexibility index (Phi) is 4.53. The molecule has 1 fully saturated rings. The largest absolute Gasteiger partial charge is 0.486 e. The van der Waals surface area contributed by atoms with Gasteiger partial charge < -0.3 is 20.1 Å². The van der Waals surface area contributed by atoms with Gasteiger partial charge in [0, 0.05) is 17.7 Å². The first-order valence-electron chi connectivity index (χ1n) is 8.82. The summed E-state index contributed by atoms with van der Waals surface area (Å²) < 4.78 is 11.5. The average molecular weight is 369 g/mol. The molecular formula is C19H19N3O5. The van der Waals surface area contributed by atoms with E-state index in [-0.39, 0.29) is 29.3 Å². The van der Waals surface area contributed by atoms with Gasteiger partial charge in [-0.1, -0.05) is 12.1 Å². The molecular weight excluding hydrogens is 350 g/mol. The molecule has 1 aliphatic carbocycles. The van der Waals surface area contributed by atoms with Crippen LogP contribution in [0.25, 0.3) is 0 Å². The van der Waals surface area contributed by atoms with Gasteiger partial charge in [0.05, 0.1) is 11.5 Å². The number of hydrogen-bond acceptors (Lipinski definition) is 6. The van der Waals surface area contributed by atoms with E-state index in [1.54, 1.807) is 12.1 Å². The molecule has 0 bridgehead atoms. The molecule has 27 heavy (non-hydrogen) atoms. The molecule has 2 aliphatic rings. The van der Waals surface area contributed by atoms with Gasteiger partial charge in [-0.2, -0.15) is 0 Å². The van der Waals surface area contributed by atoms with Gasteiger partial charge in [-0.05, 0) is 37.1 Å². The summed E-state index contributed by atoms with van der Waals surface area (Å²) in [6, 6.07) is 12.0. The van der Waals surface area contributed by atoms with Gasteiger partial charge in [-0.15, -0.1) is 0 Å². The highest BCUT2D eigenvalue weighted by molar-refractivity contribution is 5.96. The molecule has 2 aromatic carbocycles. The fourth-order valence-electron chi connectivity index (χ4n) is 2.86. The van der Waals surface area contributed by atoms with E-state index in [1.165, 1.54) is 6.07 Å². The number of para-hydroxylation sites is 2. The van der Waals surface area contributed by atoms with Crippen molar-refractivity contribution >= 4 is 17.3 Å². The minimum Gasteiger partial charge on any atom is -0.486 e. The van der Waals surface area contributed by atoms with Crippen molar-refractivity contribution in [2.45, 2.75) is 25.0 Å². The van der Waals surface area contributed by atoms with E-state index in [1.807, 2.05) is 24.3 Å². The Balaban J connectivity index is 1.43. The molecule has 2 N–H and O–H groups in total. The van der Waals surface area contributed by atoms with Gasteiger partial charge >= 0.3 is 0 Å². The number of hydrogen-bond donors (Lipinski definition) is 2. The summed E-state index contributed by atoms with van der Waals surface area (Å²) in [4.78, 5) is 23.0. The monoisotopic (exact) mass is 369 g/mol. The molecule has 0 spiro atoms. The average Bonchev–Trinajstić information content (AvgIpc) is 3.50. The molecule has 0 aromatic heterocycles. The van der Waals surface area contributed by atoms with E-state index in [2.05, 4.69) is 10.6 Å². The Hall–Kier alpha value is -3.29. The number of rotatable bonds is 6. The summed E-state index contributed by atoms with van der Waals surface area (Å²) in [5.74, 6) is 1.05. The Morgan fingerprint density at radius 3 is 2.70 bits per heavy atom. The number of carbonyl (C=O) groups excluding carboxylic acids is 1. The van der Waals surface area contributed by atoms with Crippen molar-refractivity contribution in [2.75, 3.05) is 18.5 Å². The van der Waals surface area contributed by atoms with Crippen molar-refractivity contribution in [3.05, 3.63) is 58.1 Å². The summed E-state index contributed by atoms with van der Waals surface area (Å²) in [7, 11) is 0. The molecule has 1 heterocycles. The van der Waals surface area contributed by atoms with E-state index in [9.17, 15) is 14.9 Å². The van der Waals surface area contributed by atoms with Crippen LogP contribution in [0.2, 0.25) is 0 Å². The van der Waals surface area contributed by atoms with E-state index in [4.69, 9.17) is 9.47 Å². The quantitative estimate of drug-likeness (QED) is 0.599. The van der Waals surface area contributed by atoms with E-state index in [0.717, 1.165) is 12.8 Å². The van der Waals surface area contributed by atoms with Crippen LogP contribution in [-0.2, 0) is 0 Å². The topological polar surface area (TPSA) is 103 Å². The van der Waals surface area contributed by atoms with Gasteiger partial charge in [0.25, 0.3) is 11.6 Å². The van der Waals surface area contributed by atoms with Gasteiger partial charge in [-0.25, -0.2) is 0 Å². The van der Waals surface area contributed by atoms with Crippen molar-refractivity contribution in [1.29, 1.82) is 0 Å². The van der Waals surface area contributed by atoms with Crippen molar-refractivity contribution in [3.63, 3.8) is 0 Å². The number of anilines is 1. The van der Waals surface area contributed by atoms with Gasteiger partial charge in [0.15, 0.2) is 11.5 Å². The first kappa shape index (κ1) is 17.1. The second-order valence-corrected chi connectivity index (χ2v) is 6.62. The number of carbonyl (C=O) groups is 1. The second kappa shape index (κ2) is 7.14. The predicted molar refractivity (Wildman–Crippen MR) is 98.4 cm³/mol. The predicted octanol–water partition coefficient (Wildman–Crippen LogP) is 2.74. The van der Waals surface area contributed by atoms with Crippen molar-refractivity contribution in [2.24, 2.45) is 0 Å². The molecule has 1 unspecified atom stereocenters. The third kappa shape index (κ3) is 3.94. The number of nitrogens with zero attached hydrogens (tertiary/aromatic N) is 1. The molecule has 0 saturated heterocycles. The van der Waals surface area contributed by atoms with Crippen LogP contribution >= 0.6 is 0 Å². The second-order valence-electron chi connectivity index (χ2n) is 6.62. The van der Waals surface area contributed by atoms with Crippen LogP contribution in [-0.4, -0.2) is 36.1 Å². The fraction of sp³-hybridized carbons (Fsp3) is 0.316. The van der Waals surface area contributed by atoms with E-state index < -0.39 is 4.92 Å². The van der Waals surface area contributed by atoms with Gasteiger partial charge in [-0.3, -0.25) is 14.9 Å². The molecule has 2 aromatic rings. The zero-order valence-electron chi connectivity index (χ0n) is 14.5. The summed E-state index contributed by atoms with van der Waals surface area (Å²) in [5.41, 5.74) is 0.478. The summed E-state index contributed by atoms with van der Waals surface area (Å²) in [5, 5.41) is 17.3. The normalized spacial score (nSPS) is 17.9. The van der Waals surface area contributed by atoms with Crippen LogP contribution in [0.1, 0.15) is 23.2 Å². The maximum absolute atomic E-state index is 12.1. The first-order chi connectivity index (χ1) is 13.1. The summed E-state index contributed by atoms with van der Waals surface area (Å²) in [6.07, 6.45) is 1.64. The van der Waals surface area contributed by atoms with Gasteiger partial charge in [0.1, 0.15) is 18.4 Å². The molecule has 1 amide bonds. The summed E-state index contributed by atoms with van der Waals surface area (Å²) >= 11 is 0. The number of amides is 1. The third-order valence-corrected chi connectivity index (χ3v) is 4.46. The minimum atomic E-state index is -0.496. The van der Waals surface area contributed by atoms with Gasteiger partial charge in [0.2, 0.25) is 0 Å². The molecule has 4 rings (SSSR count). The molecule has 1 saturated carbocycles. The highest BCUT2D eigenvalue weighted by atomic mass is 16.6. The lowest BCUT2D eigenvalue weighted by Crippen LogP contribution is -2.35. The Labute approximate surface area is 155 Å². The Morgan fingerprint density at radius 2 is 1.96 bits per heavy atom. The molecule has 1 aliphatic heterocycles. The smallest absolute Gasteiger partial charge is 0.293 e. The van der Waals surface area contributed by atoms with Crippen LogP contribution in [0.15, 0.2) is 42.5 Å². The maximum atomic E-state index is 12.1. The minimum absolute atomic E-state index is 0.143. The van der Waals surface area contributed by atoms with E-state index >= 15 is 0 Å². The van der Waals surface area contributed by atoms with Crippen LogP contribution in [0.4, 0.5) is 11.4 Å². The first-order valence-corrected chi connectivity index (χ1v) is 8.82. The van der Waals surface area contributed by atoms with Crippen molar-refractivity contribution in [1.82, 2.24) is 5.32 Å². The maximum Gasteiger partial charge on any atom is 0.293 e. The molecule has 8 nitrogen and oxygen atoms in total. The zero-order chi connectivity index (χ0) is 18.8. The van der Waals surface area contributed by atoms with Crippen LogP contribution in [0, 0.1) is 10.1 Å². The molecule has 0 radical (unpaired) electrons. The third-order valence-electron chi connectivity index (χ3n) is 4.46.